The van der Waals surface area contributed by atoms with Crippen LogP contribution in [-0.4, -0.2) is 60.1 Å². The van der Waals surface area contributed by atoms with Crippen LogP contribution in [0.4, 0.5) is 4.39 Å². The van der Waals surface area contributed by atoms with Crippen LogP contribution in [0, 0.1) is 5.82 Å². The summed E-state index contributed by atoms with van der Waals surface area (Å²) in [4.78, 5) is 34.0. The summed E-state index contributed by atoms with van der Waals surface area (Å²) in [6, 6.07) is 5.59. The highest BCUT2D eigenvalue weighted by atomic mass is 32.2. The number of esters is 1. The minimum Gasteiger partial charge on any atom is -0.466 e. The summed E-state index contributed by atoms with van der Waals surface area (Å²) in [5.41, 5.74) is 1.76. The normalized spacial score (nSPS) is 20.7. The Morgan fingerprint density at radius 1 is 1.28 bits per heavy atom. The zero-order valence-corrected chi connectivity index (χ0v) is 19.1. The van der Waals surface area contributed by atoms with Gasteiger partial charge in [0.25, 0.3) is 0 Å². The summed E-state index contributed by atoms with van der Waals surface area (Å²) < 4.78 is 19.8. The number of carbonyl (C=O) groups excluding carboxylic acids is 2. The highest BCUT2D eigenvalue weighted by molar-refractivity contribution is 8.16. The molecule has 0 aromatic heterocycles. The molecular formula is C23H27FN4O3S. The number of methoxy groups -OCH3 is 1. The first-order valence-electron chi connectivity index (χ1n) is 10.8. The number of amidine groups is 1. The molecule has 1 saturated heterocycles. The zero-order valence-electron chi connectivity index (χ0n) is 18.3. The Morgan fingerprint density at radius 2 is 2.03 bits per heavy atom. The standard InChI is InChI=1S/C23H27FN4O3S/c1-15-20(22(30)31-2)21(17-7-3-4-8-18(17)24)28-16(14-32-23(28)26-15)13-19(29)25-9-12-27-10-5-6-11-27/h3-4,7-8,14,21H,5-6,9-13H2,1-2H3,(H,25,29)/t21-/m1/s1. The van der Waals surface area contributed by atoms with Gasteiger partial charge in [0.15, 0.2) is 5.17 Å². The van der Waals surface area contributed by atoms with Gasteiger partial charge in [-0.3, -0.25) is 4.79 Å². The van der Waals surface area contributed by atoms with Gasteiger partial charge in [0.2, 0.25) is 5.91 Å². The van der Waals surface area contributed by atoms with Crippen LogP contribution in [0.3, 0.4) is 0 Å². The van der Waals surface area contributed by atoms with Gasteiger partial charge in [-0.1, -0.05) is 30.0 Å². The van der Waals surface area contributed by atoms with Crippen LogP contribution in [0.5, 0.6) is 0 Å². The molecule has 3 heterocycles. The lowest BCUT2D eigenvalue weighted by atomic mass is 9.93. The van der Waals surface area contributed by atoms with Crippen molar-refractivity contribution in [3.63, 3.8) is 0 Å². The first-order valence-corrected chi connectivity index (χ1v) is 11.6. The third-order valence-electron chi connectivity index (χ3n) is 5.90. The Kier molecular flexibility index (Phi) is 6.95. The largest absolute Gasteiger partial charge is 0.466 e. The summed E-state index contributed by atoms with van der Waals surface area (Å²) in [7, 11) is 1.30. The number of hydrogen-bond donors (Lipinski definition) is 1. The summed E-state index contributed by atoms with van der Waals surface area (Å²) in [5, 5.41) is 5.44. The van der Waals surface area contributed by atoms with E-state index >= 15 is 0 Å². The maximum atomic E-state index is 14.9. The number of benzene rings is 1. The predicted molar refractivity (Wildman–Crippen MR) is 122 cm³/mol. The summed E-state index contributed by atoms with van der Waals surface area (Å²) in [6.45, 7) is 5.30. The molecule has 0 spiro atoms. The zero-order chi connectivity index (χ0) is 22.7. The van der Waals surface area contributed by atoms with Crippen LogP contribution < -0.4 is 5.32 Å². The molecule has 1 amide bonds. The van der Waals surface area contributed by atoms with Crippen molar-refractivity contribution in [1.29, 1.82) is 0 Å². The van der Waals surface area contributed by atoms with Gasteiger partial charge in [0.1, 0.15) is 5.82 Å². The number of rotatable bonds is 7. The number of allylic oxidation sites excluding steroid dienone is 1. The lowest BCUT2D eigenvalue weighted by molar-refractivity contribution is -0.136. The third kappa shape index (κ3) is 4.59. The van der Waals surface area contributed by atoms with E-state index in [9.17, 15) is 14.0 Å². The predicted octanol–water partition coefficient (Wildman–Crippen LogP) is 3.18. The van der Waals surface area contributed by atoms with E-state index in [0.29, 0.717) is 28.7 Å². The van der Waals surface area contributed by atoms with Crippen LogP contribution in [0.15, 0.2) is 51.6 Å². The monoisotopic (exact) mass is 458 g/mol. The molecule has 4 rings (SSSR count). The smallest absolute Gasteiger partial charge is 0.338 e. The second-order valence-electron chi connectivity index (χ2n) is 7.98. The lowest BCUT2D eigenvalue weighted by Crippen LogP contribution is -2.39. The average Bonchev–Trinajstić information content (AvgIpc) is 3.43. The van der Waals surface area contributed by atoms with Gasteiger partial charge >= 0.3 is 5.97 Å². The molecule has 0 radical (unpaired) electrons. The number of likely N-dealkylation sites (tertiary alicyclic amines) is 1. The van der Waals surface area contributed by atoms with E-state index in [-0.39, 0.29) is 17.9 Å². The SMILES string of the molecule is COC(=O)C1=C(C)N=C2SC=C(CC(=O)NCCN3CCCC3)N2[C@@H]1c1ccccc1F. The molecule has 0 saturated carbocycles. The maximum Gasteiger partial charge on any atom is 0.338 e. The molecule has 0 aliphatic carbocycles. The molecule has 170 valence electrons. The van der Waals surface area contributed by atoms with E-state index < -0.39 is 17.8 Å². The number of carbonyl (C=O) groups is 2. The van der Waals surface area contributed by atoms with Crippen LogP contribution in [0.1, 0.15) is 37.8 Å². The minimum absolute atomic E-state index is 0.115. The fraction of sp³-hybridized carbons (Fsp3) is 0.435. The van der Waals surface area contributed by atoms with Crippen molar-refractivity contribution in [1.82, 2.24) is 15.1 Å². The highest BCUT2D eigenvalue weighted by Crippen LogP contribution is 2.45. The quantitative estimate of drug-likeness (QED) is 0.633. The lowest BCUT2D eigenvalue weighted by Gasteiger charge is -2.36. The molecule has 32 heavy (non-hydrogen) atoms. The van der Waals surface area contributed by atoms with Gasteiger partial charge < -0.3 is 19.9 Å². The maximum absolute atomic E-state index is 14.9. The summed E-state index contributed by atoms with van der Waals surface area (Å²) in [5.74, 6) is -1.11. The third-order valence-corrected chi connectivity index (χ3v) is 6.79. The Bertz CT molecular complexity index is 1000. The molecule has 0 bridgehead atoms. The van der Waals surface area contributed by atoms with Crippen molar-refractivity contribution in [2.45, 2.75) is 32.2 Å². The van der Waals surface area contributed by atoms with Gasteiger partial charge in [-0.15, -0.1) is 0 Å². The molecule has 1 atom stereocenters. The van der Waals surface area contributed by atoms with Gasteiger partial charge in [-0.05, 0) is 44.3 Å². The van der Waals surface area contributed by atoms with Gasteiger partial charge in [-0.25, -0.2) is 14.2 Å². The molecule has 1 N–H and O–H groups in total. The first kappa shape index (κ1) is 22.5. The molecule has 1 aromatic carbocycles. The molecule has 0 unspecified atom stereocenters. The van der Waals surface area contributed by atoms with Gasteiger partial charge in [0.05, 0.1) is 30.8 Å². The molecule has 9 heteroatoms. The number of hydrogen-bond acceptors (Lipinski definition) is 7. The van der Waals surface area contributed by atoms with E-state index in [2.05, 4.69) is 15.2 Å². The van der Waals surface area contributed by atoms with Crippen LogP contribution in [0.25, 0.3) is 0 Å². The van der Waals surface area contributed by atoms with E-state index in [0.717, 1.165) is 19.6 Å². The van der Waals surface area contributed by atoms with Crippen molar-refractivity contribution in [2.24, 2.45) is 4.99 Å². The Balaban J connectivity index is 1.55. The Morgan fingerprint density at radius 3 is 2.75 bits per heavy atom. The van der Waals surface area contributed by atoms with Crippen LogP contribution in [-0.2, 0) is 14.3 Å². The number of amides is 1. The number of fused-ring (bicyclic) bond motifs is 1. The molecule has 1 fully saturated rings. The highest BCUT2D eigenvalue weighted by Gasteiger charge is 2.41. The Labute approximate surface area is 191 Å². The number of nitrogens with zero attached hydrogens (tertiary/aromatic N) is 3. The van der Waals surface area contributed by atoms with E-state index in [1.807, 2.05) is 5.41 Å². The molecule has 7 nitrogen and oxygen atoms in total. The molecule has 1 aromatic rings. The Hall–Kier alpha value is -2.65. The number of nitrogens with one attached hydrogen (secondary N) is 1. The number of ether oxygens (including phenoxy) is 1. The van der Waals surface area contributed by atoms with E-state index in [1.165, 1.54) is 37.8 Å². The summed E-state index contributed by atoms with van der Waals surface area (Å²) in [6.07, 6.45) is 2.54. The number of aliphatic imine (C=N–C) groups is 1. The van der Waals surface area contributed by atoms with Crippen molar-refractivity contribution in [3.05, 3.63) is 58.0 Å². The van der Waals surface area contributed by atoms with Crippen molar-refractivity contribution in [2.75, 3.05) is 33.3 Å². The van der Waals surface area contributed by atoms with Crippen molar-refractivity contribution < 1.29 is 18.7 Å². The van der Waals surface area contributed by atoms with Crippen LogP contribution in [0.2, 0.25) is 0 Å². The van der Waals surface area contributed by atoms with Crippen molar-refractivity contribution in [3.8, 4) is 0 Å². The first-order chi connectivity index (χ1) is 15.5. The van der Waals surface area contributed by atoms with Gasteiger partial charge in [0, 0.05) is 24.4 Å². The van der Waals surface area contributed by atoms with Crippen LogP contribution >= 0.6 is 11.8 Å². The topological polar surface area (TPSA) is 74.2 Å². The average molecular weight is 459 g/mol. The molecular weight excluding hydrogens is 431 g/mol. The fourth-order valence-electron chi connectivity index (χ4n) is 4.32. The summed E-state index contributed by atoms with van der Waals surface area (Å²) >= 11 is 1.37. The second kappa shape index (κ2) is 9.87. The number of halogens is 1. The van der Waals surface area contributed by atoms with Gasteiger partial charge in [-0.2, -0.15) is 0 Å². The van der Waals surface area contributed by atoms with E-state index in [1.54, 1.807) is 30.0 Å². The number of thioether (sulfide) groups is 1. The van der Waals surface area contributed by atoms with E-state index in [4.69, 9.17) is 4.74 Å². The molecule has 3 aliphatic heterocycles. The fourth-order valence-corrected chi connectivity index (χ4v) is 5.28. The minimum atomic E-state index is -0.755. The van der Waals surface area contributed by atoms with Crippen molar-refractivity contribution >= 4 is 28.8 Å². The second-order valence-corrected chi connectivity index (χ2v) is 8.82. The molecule has 3 aliphatic rings.